The first kappa shape index (κ1) is 13.1. The summed E-state index contributed by atoms with van der Waals surface area (Å²) >= 11 is 0. The molecule has 0 amide bonds. The summed E-state index contributed by atoms with van der Waals surface area (Å²) in [6.07, 6.45) is 1.00. The second-order valence-corrected chi connectivity index (χ2v) is 4.84. The molecule has 21 heavy (non-hydrogen) atoms. The maximum absolute atomic E-state index is 9.31. The van der Waals surface area contributed by atoms with Gasteiger partial charge in [-0.15, -0.1) is 0 Å². The number of imidazole rings is 1. The summed E-state index contributed by atoms with van der Waals surface area (Å²) in [6, 6.07) is 20.2. The highest BCUT2D eigenvalue weighted by molar-refractivity contribution is 5.70. The number of aromatic amines is 1. The lowest BCUT2D eigenvalue weighted by Crippen LogP contribution is -1.84. The molecule has 1 N–H and O–H groups in total. The lowest BCUT2D eigenvalue weighted by molar-refractivity contribution is 1.14. The number of aromatic nitrogens is 2. The van der Waals surface area contributed by atoms with Gasteiger partial charge in [0, 0.05) is 11.1 Å². The molecule has 3 aromatic rings. The lowest BCUT2D eigenvalue weighted by Gasteiger charge is -2.01. The zero-order chi connectivity index (χ0) is 14.7. The van der Waals surface area contributed by atoms with E-state index < -0.39 is 0 Å². The predicted molar refractivity (Wildman–Crippen MR) is 83.6 cm³/mol. The number of hydrogen-bond donors (Lipinski definition) is 1. The fourth-order valence-corrected chi connectivity index (χ4v) is 2.30. The molecule has 0 aliphatic rings. The van der Waals surface area contributed by atoms with Gasteiger partial charge >= 0.3 is 0 Å². The van der Waals surface area contributed by atoms with Gasteiger partial charge in [-0.2, -0.15) is 5.26 Å². The smallest absolute Gasteiger partial charge is 0.166 e. The average molecular weight is 273 g/mol. The van der Waals surface area contributed by atoms with Crippen molar-refractivity contribution in [1.29, 1.82) is 5.26 Å². The van der Waals surface area contributed by atoms with Crippen LogP contribution in [-0.4, -0.2) is 9.97 Å². The van der Waals surface area contributed by atoms with Crippen LogP contribution in [0.4, 0.5) is 0 Å². The summed E-state index contributed by atoms with van der Waals surface area (Å²) < 4.78 is 0. The number of nitrogens with zero attached hydrogens (tertiary/aromatic N) is 2. The summed E-state index contributed by atoms with van der Waals surface area (Å²) in [6.45, 7) is 2.12. The Kier molecular flexibility index (Phi) is 3.53. The average Bonchev–Trinajstić information content (AvgIpc) is 3.00. The normalized spacial score (nSPS) is 10.3. The highest BCUT2D eigenvalue weighted by Crippen LogP contribution is 2.26. The van der Waals surface area contributed by atoms with Crippen molar-refractivity contribution < 1.29 is 0 Å². The first-order valence-electron chi connectivity index (χ1n) is 6.96. The summed E-state index contributed by atoms with van der Waals surface area (Å²) in [4.78, 5) is 7.67. The van der Waals surface area contributed by atoms with Crippen LogP contribution in [0.1, 0.15) is 18.2 Å². The molecule has 0 saturated heterocycles. The Labute approximate surface area is 123 Å². The van der Waals surface area contributed by atoms with Gasteiger partial charge in [-0.05, 0) is 12.0 Å². The topological polar surface area (TPSA) is 52.5 Å². The Morgan fingerprint density at radius 3 is 2.33 bits per heavy atom. The molecule has 2 aromatic carbocycles. The molecule has 3 nitrogen and oxygen atoms in total. The molecule has 3 rings (SSSR count). The van der Waals surface area contributed by atoms with E-state index in [4.69, 9.17) is 0 Å². The molecular formula is C18H15N3. The van der Waals surface area contributed by atoms with Gasteiger partial charge in [0.05, 0.1) is 5.69 Å². The third-order valence-electron chi connectivity index (χ3n) is 3.51. The Bertz CT molecular complexity index is 778. The van der Waals surface area contributed by atoms with Crippen molar-refractivity contribution in [1.82, 2.24) is 9.97 Å². The van der Waals surface area contributed by atoms with Crippen LogP contribution in [0.2, 0.25) is 0 Å². The highest BCUT2D eigenvalue weighted by Gasteiger charge is 2.12. The van der Waals surface area contributed by atoms with Crippen LogP contribution >= 0.6 is 0 Å². The van der Waals surface area contributed by atoms with Crippen molar-refractivity contribution in [3.63, 3.8) is 0 Å². The summed E-state index contributed by atoms with van der Waals surface area (Å²) in [5.41, 5.74) is 4.45. The predicted octanol–water partition coefficient (Wildman–Crippen LogP) is 4.18. The van der Waals surface area contributed by atoms with Crippen molar-refractivity contribution in [3.05, 3.63) is 65.9 Å². The summed E-state index contributed by atoms with van der Waals surface area (Å²) in [5, 5.41) is 9.31. The summed E-state index contributed by atoms with van der Waals surface area (Å²) in [5.74, 6) is 0.724. The minimum Gasteiger partial charge on any atom is -0.337 e. The van der Waals surface area contributed by atoms with Gasteiger partial charge in [0.15, 0.2) is 5.69 Å². The van der Waals surface area contributed by atoms with E-state index in [0.29, 0.717) is 5.69 Å². The monoisotopic (exact) mass is 273 g/mol. The van der Waals surface area contributed by atoms with E-state index in [1.807, 2.05) is 42.5 Å². The first-order chi connectivity index (χ1) is 10.3. The van der Waals surface area contributed by atoms with Crippen LogP contribution in [0.3, 0.4) is 0 Å². The Morgan fingerprint density at radius 2 is 1.71 bits per heavy atom. The standard InChI is InChI=1S/C18H15N3/c1-2-13-8-10-14(11-9-13)17-16(12-19)20-18(21-17)15-6-4-3-5-7-15/h3-11H,2H2,1H3,(H,20,21). The minimum atomic E-state index is 0.429. The van der Waals surface area contributed by atoms with Crippen molar-refractivity contribution >= 4 is 0 Å². The fraction of sp³-hybridized carbons (Fsp3) is 0.111. The van der Waals surface area contributed by atoms with Gasteiger partial charge in [0.25, 0.3) is 0 Å². The van der Waals surface area contributed by atoms with Crippen molar-refractivity contribution in [3.8, 4) is 28.7 Å². The number of benzene rings is 2. The second kappa shape index (κ2) is 5.64. The third kappa shape index (κ3) is 2.56. The van der Waals surface area contributed by atoms with Gasteiger partial charge in [0.1, 0.15) is 11.9 Å². The van der Waals surface area contributed by atoms with Crippen LogP contribution < -0.4 is 0 Å². The van der Waals surface area contributed by atoms with Crippen molar-refractivity contribution in [2.75, 3.05) is 0 Å². The Balaban J connectivity index is 2.06. The maximum Gasteiger partial charge on any atom is 0.166 e. The summed E-state index contributed by atoms with van der Waals surface area (Å²) in [7, 11) is 0. The quantitative estimate of drug-likeness (QED) is 0.778. The van der Waals surface area contributed by atoms with E-state index >= 15 is 0 Å². The molecule has 3 heteroatoms. The van der Waals surface area contributed by atoms with E-state index in [1.54, 1.807) is 0 Å². The zero-order valence-corrected chi connectivity index (χ0v) is 11.8. The molecule has 0 radical (unpaired) electrons. The molecular weight excluding hydrogens is 258 g/mol. The number of H-pyrrole nitrogens is 1. The van der Waals surface area contributed by atoms with Crippen LogP contribution in [0.15, 0.2) is 54.6 Å². The number of nitrogens with one attached hydrogen (secondary N) is 1. The molecule has 0 aliphatic carbocycles. The Morgan fingerprint density at radius 1 is 1.00 bits per heavy atom. The van der Waals surface area contributed by atoms with E-state index in [9.17, 15) is 5.26 Å². The molecule has 1 heterocycles. The first-order valence-corrected chi connectivity index (χ1v) is 6.96. The number of rotatable bonds is 3. The second-order valence-electron chi connectivity index (χ2n) is 4.84. The van der Waals surface area contributed by atoms with Gasteiger partial charge < -0.3 is 4.98 Å². The molecule has 0 unspecified atom stereocenters. The van der Waals surface area contributed by atoms with Crippen molar-refractivity contribution in [2.24, 2.45) is 0 Å². The molecule has 0 saturated carbocycles. The van der Waals surface area contributed by atoms with Gasteiger partial charge in [-0.3, -0.25) is 0 Å². The largest absolute Gasteiger partial charge is 0.337 e. The lowest BCUT2D eigenvalue weighted by atomic mass is 10.1. The van der Waals surface area contributed by atoms with Gasteiger partial charge in [0.2, 0.25) is 0 Å². The van der Waals surface area contributed by atoms with Gasteiger partial charge in [-0.25, -0.2) is 4.98 Å². The Hall–Kier alpha value is -2.86. The maximum atomic E-state index is 9.31. The molecule has 102 valence electrons. The van der Waals surface area contributed by atoms with E-state index in [-0.39, 0.29) is 0 Å². The molecule has 1 aromatic heterocycles. The van der Waals surface area contributed by atoms with Gasteiger partial charge in [-0.1, -0.05) is 61.5 Å². The highest BCUT2D eigenvalue weighted by atomic mass is 14.9. The number of hydrogen-bond acceptors (Lipinski definition) is 2. The van der Waals surface area contributed by atoms with Crippen LogP contribution in [0, 0.1) is 11.3 Å². The van der Waals surface area contributed by atoms with E-state index in [1.165, 1.54) is 5.56 Å². The molecule has 0 atom stereocenters. The van der Waals surface area contributed by atoms with Crippen LogP contribution in [-0.2, 0) is 6.42 Å². The number of nitriles is 1. The minimum absolute atomic E-state index is 0.429. The van der Waals surface area contributed by atoms with Crippen molar-refractivity contribution in [2.45, 2.75) is 13.3 Å². The molecule has 0 aliphatic heterocycles. The van der Waals surface area contributed by atoms with E-state index in [2.05, 4.69) is 35.1 Å². The molecule has 0 spiro atoms. The van der Waals surface area contributed by atoms with Crippen LogP contribution in [0.25, 0.3) is 22.6 Å². The van der Waals surface area contributed by atoms with Crippen LogP contribution in [0.5, 0.6) is 0 Å². The van der Waals surface area contributed by atoms with E-state index in [0.717, 1.165) is 29.1 Å². The SMILES string of the molecule is CCc1ccc(-c2[nH]c(-c3ccccc3)nc2C#N)cc1. The third-order valence-corrected chi connectivity index (χ3v) is 3.51. The molecule has 0 bridgehead atoms. The fourth-order valence-electron chi connectivity index (χ4n) is 2.30. The zero-order valence-electron chi connectivity index (χ0n) is 11.8. The molecule has 0 fully saturated rings. The number of aryl methyl sites for hydroxylation is 1.